The number of methoxy groups -OCH3 is 1. The van der Waals surface area contributed by atoms with Gasteiger partial charge in [-0.25, -0.2) is 0 Å². The lowest BCUT2D eigenvalue weighted by atomic mass is 9.99. The van der Waals surface area contributed by atoms with E-state index in [9.17, 15) is 15.3 Å². The molecule has 1 aliphatic rings. The molecule has 0 aromatic heterocycles. The number of ether oxygens (including phenoxy) is 3. The van der Waals surface area contributed by atoms with Crippen LogP contribution >= 0.6 is 0 Å². The molecule has 0 unspecified atom stereocenters. The molecule has 0 amide bonds. The first-order chi connectivity index (χ1) is 7.61. The van der Waals surface area contributed by atoms with Crippen molar-refractivity contribution in [3.8, 4) is 0 Å². The van der Waals surface area contributed by atoms with Gasteiger partial charge in [0.2, 0.25) is 0 Å². The van der Waals surface area contributed by atoms with Crippen LogP contribution in [0.4, 0.5) is 0 Å². The Morgan fingerprint density at radius 1 is 1.06 bits per heavy atom. The predicted octanol–water partition coefficient (Wildman–Crippen LogP) is -2.55. The second-order valence-electron chi connectivity index (χ2n) is 3.56. The zero-order valence-corrected chi connectivity index (χ0v) is 9.02. The molecule has 1 saturated heterocycles. The Morgan fingerprint density at radius 3 is 2.31 bits per heavy atom. The van der Waals surface area contributed by atoms with Crippen LogP contribution in [0.1, 0.15) is 0 Å². The lowest BCUT2D eigenvalue weighted by molar-refractivity contribution is -0.302. The van der Waals surface area contributed by atoms with E-state index in [4.69, 9.17) is 19.3 Å². The molecule has 0 aromatic carbocycles. The molecule has 1 fully saturated rings. The lowest BCUT2D eigenvalue weighted by Crippen LogP contribution is -2.59. The molecule has 7 heteroatoms. The second-order valence-corrected chi connectivity index (χ2v) is 3.56. The molecule has 1 heterocycles. The SMILES string of the molecule is COCCO[C@H]1O[C@H](CO)[C@@H](O)[C@H](O)[C@@H]1O. The molecule has 0 bridgehead atoms. The molecule has 0 radical (unpaired) electrons. The molecule has 4 N–H and O–H groups in total. The average Bonchev–Trinajstić information content (AvgIpc) is 2.29. The van der Waals surface area contributed by atoms with Crippen molar-refractivity contribution in [2.24, 2.45) is 0 Å². The third kappa shape index (κ3) is 3.11. The highest BCUT2D eigenvalue weighted by molar-refractivity contribution is 4.88. The van der Waals surface area contributed by atoms with E-state index >= 15 is 0 Å². The van der Waals surface area contributed by atoms with Crippen molar-refractivity contribution in [1.82, 2.24) is 0 Å². The van der Waals surface area contributed by atoms with Crippen LogP contribution in [0.3, 0.4) is 0 Å². The summed E-state index contributed by atoms with van der Waals surface area (Å²) >= 11 is 0. The first-order valence-electron chi connectivity index (χ1n) is 5.03. The van der Waals surface area contributed by atoms with Crippen LogP contribution in [0.15, 0.2) is 0 Å². The fraction of sp³-hybridized carbons (Fsp3) is 1.00. The van der Waals surface area contributed by atoms with E-state index in [2.05, 4.69) is 0 Å². The number of rotatable bonds is 5. The summed E-state index contributed by atoms with van der Waals surface area (Å²) in [7, 11) is 1.50. The average molecular weight is 238 g/mol. The zero-order valence-electron chi connectivity index (χ0n) is 9.02. The summed E-state index contributed by atoms with van der Waals surface area (Å²) in [5.41, 5.74) is 0. The molecule has 1 rings (SSSR count). The molecule has 0 aromatic rings. The fourth-order valence-corrected chi connectivity index (χ4v) is 1.45. The van der Waals surface area contributed by atoms with Gasteiger partial charge in [0, 0.05) is 7.11 Å². The van der Waals surface area contributed by atoms with Crippen molar-refractivity contribution in [2.75, 3.05) is 26.9 Å². The Bertz CT molecular complexity index is 198. The molecule has 0 spiro atoms. The maximum Gasteiger partial charge on any atom is 0.186 e. The standard InChI is InChI=1S/C9H18O7/c1-14-2-3-15-9-8(13)7(12)6(11)5(4-10)16-9/h5-13H,2-4H2,1H3/t5-,6-,7+,8+,9+/m1/s1. The Hall–Kier alpha value is -0.280. The van der Waals surface area contributed by atoms with Crippen LogP contribution in [0, 0.1) is 0 Å². The van der Waals surface area contributed by atoms with E-state index in [1.54, 1.807) is 0 Å². The summed E-state index contributed by atoms with van der Waals surface area (Å²) in [4.78, 5) is 0. The molecule has 5 atom stereocenters. The van der Waals surface area contributed by atoms with Crippen LogP contribution in [0.25, 0.3) is 0 Å². The van der Waals surface area contributed by atoms with E-state index < -0.39 is 37.3 Å². The molecule has 16 heavy (non-hydrogen) atoms. The van der Waals surface area contributed by atoms with Gasteiger partial charge in [0.05, 0.1) is 19.8 Å². The lowest BCUT2D eigenvalue weighted by Gasteiger charge is -2.39. The van der Waals surface area contributed by atoms with Gasteiger partial charge in [-0.2, -0.15) is 0 Å². The summed E-state index contributed by atoms with van der Waals surface area (Å²) < 4.78 is 14.9. The van der Waals surface area contributed by atoms with Crippen molar-refractivity contribution >= 4 is 0 Å². The number of hydrogen-bond donors (Lipinski definition) is 4. The van der Waals surface area contributed by atoms with Gasteiger partial charge in [0.1, 0.15) is 24.4 Å². The summed E-state index contributed by atoms with van der Waals surface area (Å²) in [6.07, 6.45) is -6.13. The summed E-state index contributed by atoms with van der Waals surface area (Å²) in [5, 5.41) is 37.3. The molecular weight excluding hydrogens is 220 g/mol. The minimum atomic E-state index is -1.40. The van der Waals surface area contributed by atoms with E-state index in [-0.39, 0.29) is 6.61 Å². The first kappa shape index (κ1) is 13.8. The van der Waals surface area contributed by atoms with Crippen molar-refractivity contribution in [1.29, 1.82) is 0 Å². The molecule has 1 aliphatic heterocycles. The van der Waals surface area contributed by atoms with E-state index in [1.165, 1.54) is 7.11 Å². The molecule has 0 saturated carbocycles. The first-order valence-corrected chi connectivity index (χ1v) is 5.03. The maximum atomic E-state index is 9.54. The van der Waals surface area contributed by atoms with Gasteiger partial charge in [-0.3, -0.25) is 0 Å². The highest BCUT2D eigenvalue weighted by atomic mass is 16.7. The van der Waals surface area contributed by atoms with E-state index in [0.717, 1.165) is 0 Å². The van der Waals surface area contributed by atoms with E-state index in [0.29, 0.717) is 6.61 Å². The van der Waals surface area contributed by atoms with Crippen molar-refractivity contribution in [3.63, 3.8) is 0 Å². The third-order valence-corrected chi connectivity index (χ3v) is 2.42. The number of aliphatic hydroxyl groups is 4. The second kappa shape index (κ2) is 6.45. The van der Waals surface area contributed by atoms with Crippen LogP contribution < -0.4 is 0 Å². The molecule has 96 valence electrons. The largest absolute Gasteiger partial charge is 0.394 e. The highest BCUT2D eigenvalue weighted by Gasteiger charge is 2.43. The van der Waals surface area contributed by atoms with Gasteiger partial charge in [-0.05, 0) is 0 Å². The van der Waals surface area contributed by atoms with Gasteiger partial charge in [0.25, 0.3) is 0 Å². The van der Waals surface area contributed by atoms with Gasteiger partial charge in [-0.1, -0.05) is 0 Å². The van der Waals surface area contributed by atoms with Crippen molar-refractivity contribution in [3.05, 3.63) is 0 Å². The number of hydrogen-bond acceptors (Lipinski definition) is 7. The van der Waals surface area contributed by atoms with E-state index in [1.807, 2.05) is 0 Å². The van der Waals surface area contributed by atoms with Gasteiger partial charge < -0.3 is 34.6 Å². The van der Waals surface area contributed by atoms with Crippen molar-refractivity contribution < 1.29 is 34.6 Å². The maximum absolute atomic E-state index is 9.54. The topological polar surface area (TPSA) is 109 Å². The monoisotopic (exact) mass is 238 g/mol. The third-order valence-electron chi connectivity index (χ3n) is 2.42. The van der Waals surface area contributed by atoms with Gasteiger partial charge in [0.15, 0.2) is 6.29 Å². The molecule has 7 nitrogen and oxygen atoms in total. The highest BCUT2D eigenvalue weighted by Crippen LogP contribution is 2.21. The summed E-state index contributed by atoms with van der Waals surface area (Å²) in [6.45, 7) is 0.0310. The quantitative estimate of drug-likeness (QED) is 0.390. The zero-order chi connectivity index (χ0) is 12.1. The van der Waals surface area contributed by atoms with Gasteiger partial charge in [-0.15, -0.1) is 0 Å². The molecular formula is C9H18O7. The Morgan fingerprint density at radius 2 is 1.75 bits per heavy atom. The smallest absolute Gasteiger partial charge is 0.186 e. The predicted molar refractivity (Wildman–Crippen MR) is 51.6 cm³/mol. The van der Waals surface area contributed by atoms with Crippen LogP contribution in [0.2, 0.25) is 0 Å². The summed E-state index contributed by atoms with van der Waals surface area (Å²) in [5.74, 6) is 0. The minimum Gasteiger partial charge on any atom is -0.394 e. The Labute approximate surface area is 93.2 Å². The number of aliphatic hydroxyl groups excluding tert-OH is 4. The normalized spacial score (nSPS) is 39.9. The van der Waals surface area contributed by atoms with Gasteiger partial charge >= 0.3 is 0 Å². The van der Waals surface area contributed by atoms with Crippen molar-refractivity contribution in [2.45, 2.75) is 30.7 Å². The molecule has 0 aliphatic carbocycles. The van der Waals surface area contributed by atoms with Crippen LogP contribution in [-0.4, -0.2) is 78.1 Å². The van der Waals surface area contributed by atoms with Crippen LogP contribution in [-0.2, 0) is 14.2 Å². The Balaban J connectivity index is 2.50. The Kier molecular flexibility index (Phi) is 5.56. The minimum absolute atomic E-state index is 0.180. The summed E-state index contributed by atoms with van der Waals surface area (Å²) in [6, 6.07) is 0. The fourth-order valence-electron chi connectivity index (χ4n) is 1.45. The van der Waals surface area contributed by atoms with Crippen LogP contribution in [0.5, 0.6) is 0 Å².